The highest BCUT2D eigenvalue weighted by Gasteiger charge is 2.28. The summed E-state index contributed by atoms with van der Waals surface area (Å²) in [5, 5.41) is 11.5. The van der Waals surface area contributed by atoms with Gasteiger partial charge in [0.05, 0.1) is 22.1 Å². The Labute approximate surface area is 143 Å². The zero-order valence-electron chi connectivity index (χ0n) is 12.8. The molecule has 0 radical (unpaired) electrons. The van der Waals surface area contributed by atoms with E-state index in [1.807, 2.05) is 6.92 Å². The van der Waals surface area contributed by atoms with Crippen LogP contribution in [0.25, 0.3) is 0 Å². The third-order valence-electron chi connectivity index (χ3n) is 2.98. The van der Waals surface area contributed by atoms with E-state index >= 15 is 0 Å². The lowest BCUT2D eigenvalue weighted by molar-refractivity contribution is -0.142. The SMILES string of the molecule is Cc1nn(CC(=O)NN=Cc2ccn(CC(F)(F)F)n2)c(C)c1Br. The first-order valence-electron chi connectivity index (χ1n) is 6.77. The molecule has 0 fully saturated rings. The summed E-state index contributed by atoms with van der Waals surface area (Å²) in [4.78, 5) is 11.8. The van der Waals surface area contributed by atoms with Crippen LogP contribution in [0.1, 0.15) is 17.1 Å². The van der Waals surface area contributed by atoms with Crippen LogP contribution in [-0.2, 0) is 17.9 Å². The Bertz CT molecular complexity index is 764. The fourth-order valence-corrected chi connectivity index (χ4v) is 2.17. The first-order chi connectivity index (χ1) is 11.2. The summed E-state index contributed by atoms with van der Waals surface area (Å²) in [6.45, 7) is 2.41. The molecular formula is C13H14BrF3N6O. The van der Waals surface area contributed by atoms with Crippen LogP contribution in [0.15, 0.2) is 21.8 Å². The number of alkyl halides is 3. The predicted molar refractivity (Wildman–Crippen MR) is 83.4 cm³/mol. The molecule has 0 spiro atoms. The van der Waals surface area contributed by atoms with Crippen molar-refractivity contribution in [1.29, 1.82) is 0 Å². The first-order valence-corrected chi connectivity index (χ1v) is 7.56. The standard InChI is InChI=1S/C13H14BrF3N6O/c1-8-12(14)9(2)23(20-8)6-11(24)19-18-5-10-3-4-22(21-10)7-13(15,16)17/h3-5H,6-7H2,1-2H3,(H,19,24). The van der Waals surface area contributed by atoms with E-state index in [1.165, 1.54) is 23.2 Å². The van der Waals surface area contributed by atoms with Crippen LogP contribution in [0.3, 0.4) is 0 Å². The summed E-state index contributed by atoms with van der Waals surface area (Å²) in [6, 6.07) is 1.36. The van der Waals surface area contributed by atoms with Gasteiger partial charge in [0.2, 0.25) is 0 Å². The molecule has 0 aliphatic heterocycles. The Kier molecular flexibility index (Phi) is 5.42. The van der Waals surface area contributed by atoms with E-state index < -0.39 is 18.6 Å². The Balaban J connectivity index is 1.89. The van der Waals surface area contributed by atoms with Crippen molar-refractivity contribution in [3.63, 3.8) is 0 Å². The molecule has 7 nitrogen and oxygen atoms in total. The molecule has 0 aliphatic rings. The van der Waals surface area contributed by atoms with Gasteiger partial charge in [0.15, 0.2) is 0 Å². The Morgan fingerprint density at radius 3 is 2.71 bits per heavy atom. The van der Waals surface area contributed by atoms with Gasteiger partial charge >= 0.3 is 6.18 Å². The molecule has 11 heteroatoms. The van der Waals surface area contributed by atoms with Gasteiger partial charge in [-0.05, 0) is 35.8 Å². The van der Waals surface area contributed by atoms with Crippen molar-refractivity contribution in [2.24, 2.45) is 5.10 Å². The van der Waals surface area contributed by atoms with Crippen molar-refractivity contribution in [3.05, 3.63) is 33.8 Å². The van der Waals surface area contributed by atoms with E-state index in [4.69, 9.17) is 0 Å². The normalized spacial score (nSPS) is 12.1. The average Bonchev–Trinajstić information content (AvgIpc) is 2.98. The zero-order valence-corrected chi connectivity index (χ0v) is 14.4. The van der Waals surface area contributed by atoms with Gasteiger partial charge in [0, 0.05) is 6.20 Å². The number of carbonyl (C=O) groups excluding carboxylic acids is 1. The van der Waals surface area contributed by atoms with Crippen molar-refractivity contribution in [3.8, 4) is 0 Å². The predicted octanol–water partition coefficient (Wildman–Crippen LogP) is 2.17. The van der Waals surface area contributed by atoms with Crippen molar-refractivity contribution < 1.29 is 18.0 Å². The summed E-state index contributed by atoms with van der Waals surface area (Å²) in [5.74, 6) is -0.418. The third-order valence-corrected chi connectivity index (χ3v) is 4.12. The number of hydrogen-bond acceptors (Lipinski definition) is 4. The maximum Gasteiger partial charge on any atom is 0.408 e. The second-order valence-corrected chi connectivity index (χ2v) is 5.78. The van der Waals surface area contributed by atoms with E-state index in [9.17, 15) is 18.0 Å². The largest absolute Gasteiger partial charge is 0.408 e. The molecule has 0 bridgehead atoms. The monoisotopic (exact) mass is 406 g/mol. The van der Waals surface area contributed by atoms with Crippen LogP contribution in [0.4, 0.5) is 13.2 Å². The van der Waals surface area contributed by atoms with Crippen molar-refractivity contribution >= 4 is 28.1 Å². The highest BCUT2D eigenvalue weighted by Crippen LogP contribution is 2.19. The number of halogens is 4. The smallest absolute Gasteiger partial charge is 0.271 e. The number of carbonyl (C=O) groups is 1. The quantitative estimate of drug-likeness (QED) is 0.610. The van der Waals surface area contributed by atoms with Crippen LogP contribution >= 0.6 is 15.9 Å². The summed E-state index contributed by atoms with van der Waals surface area (Å²) in [6.07, 6.45) is -1.99. The van der Waals surface area contributed by atoms with Crippen LogP contribution in [-0.4, -0.2) is 37.9 Å². The molecule has 1 amide bonds. The maximum atomic E-state index is 12.2. The van der Waals surface area contributed by atoms with Crippen LogP contribution < -0.4 is 5.43 Å². The van der Waals surface area contributed by atoms with E-state index in [2.05, 4.69) is 36.7 Å². The molecule has 0 aliphatic carbocycles. The van der Waals surface area contributed by atoms with E-state index in [-0.39, 0.29) is 12.2 Å². The van der Waals surface area contributed by atoms with Gasteiger partial charge in [0.25, 0.3) is 5.91 Å². The fourth-order valence-electron chi connectivity index (χ4n) is 1.89. The Morgan fingerprint density at radius 2 is 2.12 bits per heavy atom. The third kappa shape index (κ3) is 4.91. The summed E-state index contributed by atoms with van der Waals surface area (Å²) in [7, 11) is 0. The van der Waals surface area contributed by atoms with Crippen LogP contribution in [0.5, 0.6) is 0 Å². The molecule has 1 N–H and O–H groups in total. The zero-order chi connectivity index (χ0) is 17.9. The van der Waals surface area contributed by atoms with Gasteiger partial charge in [-0.3, -0.25) is 14.2 Å². The molecule has 0 atom stereocenters. The average molecular weight is 407 g/mol. The molecular weight excluding hydrogens is 393 g/mol. The Morgan fingerprint density at radius 1 is 1.42 bits per heavy atom. The molecule has 2 aromatic heterocycles. The minimum atomic E-state index is -4.34. The maximum absolute atomic E-state index is 12.2. The summed E-state index contributed by atoms with van der Waals surface area (Å²) in [5.41, 5.74) is 4.04. The lowest BCUT2D eigenvalue weighted by Gasteiger charge is -2.04. The Hall–Kier alpha value is -2.17. The van der Waals surface area contributed by atoms with E-state index in [0.717, 1.165) is 20.5 Å². The van der Waals surface area contributed by atoms with Gasteiger partial charge in [-0.1, -0.05) is 0 Å². The van der Waals surface area contributed by atoms with Crippen LogP contribution in [0, 0.1) is 13.8 Å². The van der Waals surface area contributed by atoms with Crippen molar-refractivity contribution in [2.45, 2.75) is 33.1 Å². The minimum Gasteiger partial charge on any atom is -0.271 e. The lowest BCUT2D eigenvalue weighted by Crippen LogP contribution is -2.24. The molecule has 130 valence electrons. The van der Waals surface area contributed by atoms with E-state index in [1.54, 1.807) is 6.92 Å². The molecule has 0 saturated heterocycles. The fraction of sp³-hybridized carbons (Fsp3) is 0.385. The highest BCUT2D eigenvalue weighted by atomic mass is 79.9. The van der Waals surface area contributed by atoms with Gasteiger partial charge in [-0.2, -0.15) is 28.5 Å². The second-order valence-electron chi connectivity index (χ2n) is 4.99. The number of nitrogens with zero attached hydrogens (tertiary/aromatic N) is 5. The molecule has 2 rings (SSSR count). The highest BCUT2D eigenvalue weighted by molar-refractivity contribution is 9.10. The van der Waals surface area contributed by atoms with Crippen LogP contribution in [0.2, 0.25) is 0 Å². The molecule has 0 aromatic carbocycles. The number of aryl methyl sites for hydroxylation is 1. The number of hydrazone groups is 1. The second kappa shape index (κ2) is 7.16. The minimum absolute atomic E-state index is 0.0296. The number of nitrogens with one attached hydrogen (secondary N) is 1. The molecule has 0 saturated carbocycles. The van der Waals surface area contributed by atoms with E-state index in [0.29, 0.717) is 0 Å². The lowest BCUT2D eigenvalue weighted by atomic mass is 10.4. The number of aromatic nitrogens is 4. The van der Waals surface area contributed by atoms with Crippen molar-refractivity contribution in [1.82, 2.24) is 25.0 Å². The topological polar surface area (TPSA) is 77.1 Å². The summed E-state index contributed by atoms with van der Waals surface area (Å²) >= 11 is 3.36. The molecule has 2 heterocycles. The number of hydrogen-bond donors (Lipinski definition) is 1. The summed E-state index contributed by atoms with van der Waals surface area (Å²) < 4.78 is 39.7. The van der Waals surface area contributed by atoms with Gasteiger partial charge in [-0.25, -0.2) is 5.43 Å². The number of rotatable bonds is 5. The van der Waals surface area contributed by atoms with Gasteiger partial charge in [-0.15, -0.1) is 0 Å². The number of amides is 1. The van der Waals surface area contributed by atoms with Gasteiger partial charge < -0.3 is 0 Å². The molecule has 2 aromatic rings. The molecule has 24 heavy (non-hydrogen) atoms. The first kappa shape index (κ1) is 18.2. The van der Waals surface area contributed by atoms with Gasteiger partial charge in [0.1, 0.15) is 18.8 Å². The van der Waals surface area contributed by atoms with Crippen molar-refractivity contribution in [2.75, 3.05) is 0 Å². The molecule has 0 unspecified atom stereocenters.